The summed E-state index contributed by atoms with van der Waals surface area (Å²) in [6, 6.07) is 4.35. The summed E-state index contributed by atoms with van der Waals surface area (Å²) in [5.74, 6) is -0.665. The molecule has 1 aromatic carbocycles. The van der Waals surface area contributed by atoms with Crippen LogP contribution in [0.1, 0.15) is 23.1 Å². The van der Waals surface area contributed by atoms with Crippen molar-refractivity contribution in [1.29, 1.82) is 5.26 Å². The van der Waals surface area contributed by atoms with Gasteiger partial charge < -0.3 is 4.74 Å². The van der Waals surface area contributed by atoms with Crippen LogP contribution in [0.2, 0.25) is 0 Å². The van der Waals surface area contributed by atoms with Gasteiger partial charge in [0.1, 0.15) is 6.07 Å². The van der Waals surface area contributed by atoms with Crippen LogP contribution >= 0.6 is 15.9 Å². The first-order valence-corrected chi connectivity index (χ1v) is 5.36. The Morgan fingerprint density at radius 1 is 1.59 bits per heavy atom. The van der Waals surface area contributed by atoms with Crippen molar-refractivity contribution in [2.75, 3.05) is 7.11 Å². The molecule has 90 valence electrons. The number of alkyl halides is 2. The van der Waals surface area contributed by atoms with Crippen LogP contribution in [-0.2, 0) is 16.0 Å². The van der Waals surface area contributed by atoms with E-state index in [-0.39, 0.29) is 23.1 Å². The number of carbonyl (C=O) groups excluding carboxylic acids is 1. The van der Waals surface area contributed by atoms with E-state index >= 15 is 0 Å². The molecule has 0 aliphatic rings. The Morgan fingerprint density at radius 3 is 2.71 bits per heavy atom. The molecule has 0 bridgehead atoms. The number of halogens is 3. The summed E-state index contributed by atoms with van der Waals surface area (Å²) >= 11 is 3.08. The molecule has 0 aromatic heterocycles. The number of hydrogen-bond donors (Lipinski definition) is 0. The average Bonchev–Trinajstić information content (AvgIpc) is 2.28. The molecule has 0 heterocycles. The summed E-state index contributed by atoms with van der Waals surface area (Å²) in [6.07, 6.45) is -3.09. The molecule has 0 amide bonds. The van der Waals surface area contributed by atoms with Gasteiger partial charge in [-0.2, -0.15) is 5.26 Å². The van der Waals surface area contributed by atoms with E-state index in [4.69, 9.17) is 5.26 Å². The third kappa shape index (κ3) is 3.01. The smallest absolute Gasteiger partial charge is 0.310 e. The van der Waals surface area contributed by atoms with Crippen LogP contribution in [0.3, 0.4) is 0 Å². The first-order chi connectivity index (χ1) is 8.01. The Labute approximate surface area is 105 Å². The van der Waals surface area contributed by atoms with Crippen molar-refractivity contribution in [3.8, 4) is 6.07 Å². The number of methoxy groups -OCH3 is 1. The normalized spacial score (nSPS) is 10.1. The van der Waals surface area contributed by atoms with Crippen LogP contribution in [-0.4, -0.2) is 13.1 Å². The van der Waals surface area contributed by atoms with E-state index < -0.39 is 12.4 Å². The highest BCUT2D eigenvalue weighted by Gasteiger charge is 2.20. The molecule has 0 aliphatic heterocycles. The van der Waals surface area contributed by atoms with Crippen LogP contribution in [0, 0.1) is 11.3 Å². The summed E-state index contributed by atoms with van der Waals surface area (Å²) in [6.45, 7) is 0. The fourth-order valence-electron chi connectivity index (χ4n) is 1.37. The minimum absolute atomic E-state index is 0.00345. The Morgan fingerprint density at radius 2 is 2.24 bits per heavy atom. The highest BCUT2D eigenvalue weighted by atomic mass is 79.9. The quantitative estimate of drug-likeness (QED) is 0.807. The van der Waals surface area contributed by atoms with Crippen LogP contribution in [0.4, 0.5) is 8.78 Å². The number of hydrogen-bond acceptors (Lipinski definition) is 3. The third-order valence-electron chi connectivity index (χ3n) is 2.19. The minimum atomic E-state index is -2.74. The van der Waals surface area contributed by atoms with Gasteiger partial charge in [0.15, 0.2) is 0 Å². The maximum absolute atomic E-state index is 12.8. The van der Waals surface area contributed by atoms with Crippen molar-refractivity contribution in [3.05, 3.63) is 33.3 Å². The zero-order valence-corrected chi connectivity index (χ0v) is 10.4. The molecule has 1 rings (SSSR count). The molecule has 6 heteroatoms. The molecule has 3 nitrogen and oxygen atoms in total. The van der Waals surface area contributed by atoms with Crippen LogP contribution < -0.4 is 0 Å². The monoisotopic (exact) mass is 303 g/mol. The molecule has 1 aromatic rings. The predicted octanol–water partition coefficient (Wildman–Crippen LogP) is 2.97. The second-order valence-corrected chi connectivity index (χ2v) is 4.01. The lowest BCUT2D eigenvalue weighted by Gasteiger charge is -2.11. The lowest BCUT2D eigenvalue weighted by molar-refractivity contribution is -0.139. The lowest BCUT2D eigenvalue weighted by atomic mass is 9.99. The highest BCUT2D eigenvalue weighted by molar-refractivity contribution is 9.10. The number of nitrogens with zero attached hydrogens (tertiary/aromatic N) is 1. The van der Waals surface area contributed by atoms with Crippen LogP contribution in [0.5, 0.6) is 0 Å². The number of rotatable bonds is 3. The fraction of sp³-hybridized carbons (Fsp3) is 0.273. The summed E-state index contributed by atoms with van der Waals surface area (Å²) < 4.78 is 30.3. The Balaban J connectivity index is 3.35. The van der Waals surface area contributed by atoms with E-state index in [2.05, 4.69) is 20.7 Å². The predicted molar refractivity (Wildman–Crippen MR) is 59.5 cm³/mol. The Kier molecular flexibility index (Phi) is 4.58. The van der Waals surface area contributed by atoms with Crippen molar-refractivity contribution in [1.82, 2.24) is 0 Å². The standard InChI is InChI=1S/C11H8BrF2NO2/c1-17-10(16)4-7-6(11(13)14)2-3-9(12)8(7)5-15/h2-3,11H,4H2,1H3. The molecule has 0 radical (unpaired) electrons. The van der Waals surface area contributed by atoms with Gasteiger partial charge >= 0.3 is 5.97 Å². The summed E-state index contributed by atoms with van der Waals surface area (Å²) in [5, 5.41) is 8.91. The zero-order chi connectivity index (χ0) is 13.0. The highest BCUT2D eigenvalue weighted by Crippen LogP contribution is 2.30. The van der Waals surface area contributed by atoms with Crippen molar-refractivity contribution >= 4 is 21.9 Å². The molecule has 0 spiro atoms. The molecule has 0 saturated carbocycles. The van der Waals surface area contributed by atoms with Gasteiger partial charge in [0.25, 0.3) is 6.43 Å². The van der Waals surface area contributed by atoms with Crippen molar-refractivity contribution < 1.29 is 18.3 Å². The van der Waals surface area contributed by atoms with Crippen LogP contribution in [0.15, 0.2) is 16.6 Å². The average molecular weight is 304 g/mol. The summed E-state index contributed by atoms with van der Waals surface area (Å²) in [4.78, 5) is 11.1. The van der Waals surface area contributed by atoms with E-state index in [1.165, 1.54) is 12.1 Å². The van der Waals surface area contributed by atoms with E-state index in [0.717, 1.165) is 7.11 Å². The van der Waals surface area contributed by atoms with Gasteiger partial charge in [0.2, 0.25) is 0 Å². The molecule has 17 heavy (non-hydrogen) atoms. The van der Waals surface area contributed by atoms with Crippen molar-refractivity contribution in [2.45, 2.75) is 12.8 Å². The van der Waals surface area contributed by atoms with Gasteiger partial charge in [-0.1, -0.05) is 6.07 Å². The number of ether oxygens (including phenoxy) is 1. The topological polar surface area (TPSA) is 50.1 Å². The van der Waals surface area contributed by atoms with E-state index in [0.29, 0.717) is 4.47 Å². The molecule has 0 unspecified atom stereocenters. The first-order valence-electron chi connectivity index (χ1n) is 4.57. The summed E-state index contributed by atoms with van der Waals surface area (Å²) in [7, 11) is 1.16. The molecule has 0 saturated heterocycles. The Bertz CT molecular complexity index is 483. The minimum Gasteiger partial charge on any atom is -0.469 e. The lowest BCUT2D eigenvalue weighted by Crippen LogP contribution is -2.09. The van der Waals surface area contributed by atoms with Crippen molar-refractivity contribution in [2.24, 2.45) is 0 Å². The first kappa shape index (κ1) is 13.6. The third-order valence-corrected chi connectivity index (χ3v) is 2.85. The van der Waals surface area contributed by atoms with E-state index in [1.54, 1.807) is 6.07 Å². The largest absolute Gasteiger partial charge is 0.469 e. The molecular weight excluding hydrogens is 296 g/mol. The number of nitriles is 1. The summed E-state index contributed by atoms with van der Waals surface area (Å²) in [5.41, 5.74) is -0.285. The van der Waals surface area contributed by atoms with Gasteiger partial charge in [-0.05, 0) is 27.6 Å². The van der Waals surface area contributed by atoms with E-state index in [1.807, 2.05) is 0 Å². The second-order valence-electron chi connectivity index (χ2n) is 3.16. The van der Waals surface area contributed by atoms with Gasteiger partial charge in [-0.3, -0.25) is 4.79 Å². The maximum atomic E-state index is 12.8. The Hall–Kier alpha value is -1.48. The second kappa shape index (κ2) is 5.73. The van der Waals surface area contributed by atoms with Gasteiger partial charge in [0.05, 0.1) is 19.1 Å². The van der Waals surface area contributed by atoms with Gasteiger partial charge in [0, 0.05) is 10.0 Å². The zero-order valence-electron chi connectivity index (χ0n) is 8.84. The SMILES string of the molecule is COC(=O)Cc1c(C(F)F)ccc(Br)c1C#N. The molecule has 0 aliphatic carbocycles. The molecule has 0 N–H and O–H groups in total. The van der Waals surface area contributed by atoms with Crippen LogP contribution in [0.25, 0.3) is 0 Å². The number of carbonyl (C=O) groups is 1. The fourth-order valence-corrected chi connectivity index (χ4v) is 1.83. The van der Waals surface area contributed by atoms with Gasteiger partial charge in [-0.25, -0.2) is 8.78 Å². The molecular formula is C11H8BrF2NO2. The van der Waals surface area contributed by atoms with Crippen molar-refractivity contribution in [3.63, 3.8) is 0 Å². The van der Waals surface area contributed by atoms with E-state index in [9.17, 15) is 13.6 Å². The number of benzene rings is 1. The van der Waals surface area contributed by atoms with Gasteiger partial charge in [-0.15, -0.1) is 0 Å². The molecule has 0 fully saturated rings. The maximum Gasteiger partial charge on any atom is 0.310 e. The number of esters is 1. The molecule has 0 atom stereocenters.